The fourth-order valence-corrected chi connectivity index (χ4v) is 7.32. The van der Waals surface area contributed by atoms with E-state index in [2.05, 4.69) is 64.1 Å². The molecule has 5 nitrogen and oxygen atoms in total. The molecule has 2 aliphatic heterocycles. The van der Waals surface area contributed by atoms with E-state index in [0.717, 1.165) is 61.6 Å². The van der Waals surface area contributed by atoms with Crippen molar-refractivity contribution in [2.75, 3.05) is 31.1 Å². The average molecular weight is 560 g/mol. The summed E-state index contributed by atoms with van der Waals surface area (Å²) < 4.78 is 17.1. The Morgan fingerprint density at radius 2 is 1.86 bits per heavy atom. The van der Waals surface area contributed by atoms with Crippen molar-refractivity contribution in [2.24, 2.45) is 5.92 Å². The van der Waals surface area contributed by atoms with Crippen molar-refractivity contribution < 1.29 is 4.39 Å². The van der Waals surface area contributed by atoms with Crippen LogP contribution in [-0.4, -0.2) is 45.6 Å². The third-order valence-electron chi connectivity index (χ3n) is 9.63. The number of piperazine rings is 1. The van der Waals surface area contributed by atoms with Crippen molar-refractivity contribution in [3.63, 3.8) is 0 Å². The van der Waals surface area contributed by atoms with Crippen molar-refractivity contribution >= 4 is 22.9 Å². The number of aromatic nitrogens is 3. The van der Waals surface area contributed by atoms with Gasteiger partial charge in [-0.05, 0) is 85.2 Å². The number of anilines is 1. The lowest BCUT2D eigenvalue weighted by Crippen LogP contribution is -2.49. The van der Waals surface area contributed by atoms with Gasteiger partial charge in [0.25, 0.3) is 0 Å². The maximum absolute atomic E-state index is 14.6. The number of nitrogens with zero attached hydrogens (tertiary/aromatic N) is 5. The van der Waals surface area contributed by atoms with Gasteiger partial charge >= 0.3 is 0 Å². The van der Waals surface area contributed by atoms with Crippen molar-refractivity contribution in [1.82, 2.24) is 19.4 Å². The molecule has 3 atom stereocenters. The van der Waals surface area contributed by atoms with Crippen LogP contribution in [0.1, 0.15) is 72.0 Å². The molecule has 0 spiro atoms. The van der Waals surface area contributed by atoms with E-state index in [4.69, 9.17) is 16.4 Å². The summed E-state index contributed by atoms with van der Waals surface area (Å²) in [6.07, 6.45) is 13.3. The minimum Gasteiger partial charge on any atom is -0.354 e. The summed E-state index contributed by atoms with van der Waals surface area (Å²) in [6, 6.07) is 17.0. The molecule has 2 fully saturated rings. The number of hydrogen-bond donors (Lipinski definition) is 0. The highest BCUT2D eigenvalue weighted by atomic mass is 19.1. The minimum absolute atomic E-state index is 0.234. The molecule has 0 N–H and O–H groups in total. The van der Waals surface area contributed by atoms with Gasteiger partial charge in [-0.1, -0.05) is 44.1 Å². The lowest BCUT2D eigenvalue weighted by molar-refractivity contribution is 0.0808. The Kier molecular flexibility index (Phi) is 7.07. The summed E-state index contributed by atoms with van der Waals surface area (Å²) in [5.41, 5.74) is 7.11. The van der Waals surface area contributed by atoms with E-state index in [0.29, 0.717) is 42.0 Å². The van der Waals surface area contributed by atoms with Crippen LogP contribution in [0.4, 0.5) is 10.2 Å². The summed E-state index contributed by atoms with van der Waals surface area (Å²) >= 11 is 0. The van der Waals surface area contributed by atoms with Gasteiger partial charge in [0.2, 0.25) is 0 Å². The smallest absolute Gasteiger partial charge is 0.129 e. The number of benzene rings is 2. The summed E-state index contributed by atoms with van der Waals surface area (Å²) in [7, 11) is 0. The van der Waals surface area contributed by atoms with Gasteiger partial charge in [0.05, 0.1) is 17.1 Å². The molecule has 2 aromatic heterocycles. The molecule has 0 amide bonds. The third-order valence-corrected chi connectivity index (χ3v) is 9.63. The Morgan fingerprint density at radius 1 is 1.00 bits per heavy atom. The van der Waals surface area contributed by atoms with Crippen LogP contribution in [0.3, 0.4) is 0 Å². The molecule has 42 heavy (non-hydrogen) atoms. The monoisotopic (exact) mass is 559 g/mol. The molecule has 214 valence electrons. The Morgan fingerprint density at radius 3 is 2.57 bits per heavy atom. The molecule has 3 unspecified atom stereocenters. The number of fused-ring (bicyclic) bond motifs is 5. The molecule has 1 saturated heterocycles. The van der Waals surface area contributed by atoms with Crippen LogP contribution in [0.5, 0.6) is 0 Å². The van der Waals surface area contributed by atoms with Gasteiger partial charge in [0.15, 0.2) is 0 Å². The maximum atomic E-state index is 14.6. The molecule has 0 radical (unpaired) electrons. The Hall–Kier alpha value is -3.95. The van der Waals surface area contributed by atoms with Gasteiger partial charge in [-0.3, -0.25) is 4.90 Å². The quantitative estimate of drug-likeness (QED) is 0.224. The largest absolute Gasteiger partial charge is 0.354 e. The average Bonchev–Trinajstić information content (AvgIpc) is 3.46. The molecule has 2 aromatic carbocycles. The molecule has 1 aliphatic carbocycles. The van der Waals surface area contributed by atoms with Crippen LogP contribution >= 0.6 is 0 Å². The second kappa shape index (κ2) is 11.0. The van der Waals surface area contributed by atoms with Crippen LogP contribution in [0.25, 0.3) is 17.1 Å². The van der Waals surface area contributed by atoms with Crippen LogP contribution in [-0.2, 0) is 19.3 Å². The predicted molar refractivity (Wildman–Crippen MR) is 168 cm³/mol. The van der Waals surface area contributed by atoms with E-state index in [-0.39, 0.29) is 5.82 Å². The molecule has 4 aromatic rings. The summed E-state index contributed by atoms with van der Waals surface area (Å²) in [6.45, 7) is 10.1. The van der Waals surface area contributed by atoms with Gasteiger partial charge in [-0.2, -0.15) is 0 Å². The first-order chi connectivity index (χ1) is 20.6. The highest BCUT2D eigenvalue weighted by molar-refractivity contribution is 5.80. The van der Waals surface area contributed by atoms with Crippen molar-refractivity contribution in [3.8, 4) is 12.3 Å². The first-order valence-electron chi connectivity index (χ1n) is 15.4. The van der Waals surface area contributed by atoms with Crippen molar-refractivity contribution in [1.29, 1.82) is 0 Å². The molecule has 3 aliphatic rings. The Bertz CT molecular complexity index is 1690. The Labute approximate surface area is 248 Å². The van der Waals surface area contributed by atoms with E-state index >= 15 is 0 Å². The predicted octanol–water partition coefficient (Wildman–Crippen LogP) is 6.76. The van der Waals surface area contributed by atoms with E-state index in [9.17, 15) is 4.39 Å². The molecular weight excluding hydrogens is 521 g/mol. The SMILES string of the molecule is C#Cc1ccc(CCc2cc(CCC)cc(N3CCN(C4c5nc6ccc(C=C)cc6n5C5CCC45)CC3)n2)c(F)c1. The Balaban J connectivity index is 1.08. The van der Waals surface area contributed by atoms with E-state index in [1.165, 1.54) is 35.8 Å². The van der Waals surface area contributed by atoms with E-state index in [1.54, 1.807) is 0 Å². The number of terminal acetylenes is 1. The number of halogens is 1. The van der Waals surface area contributed by atoms with E-state index in [1.807, 2.05) is 18.2 Å². The lowest BCUT2D eigenvalue weighted by Gasteiger charge is -2.43. The topological polar surface area (TPSA) is 37.2 Å². The van der Waals surface area contributed by atoms with Gasteiger partial charge < -0.3 is 9.47 Å². The lowest BCUT2D eigenvalue weighted by atomic mass is 9.76. The van der Waals surface area contributed by atoms with Gasteiger partial charge in [-0.15, -0.1) is 6.42 Å². The van der Waals surface area contributed by atoms with Crippen molar-refractivity contribution in [3.05, 3.63) is 94.7 Å². The zero-order valence-electron chi connectivity index (χ0n) is 24.4. The fourth-order valence-electron chi connectivity index (χ4n) is 7.32. The number of imidazole rings is 1. The number of aryl methyl sites for hydroxylation is 3. The number of pyridine rings is 1. The first-order valence-corrected chi connectivity index (χ1v) is 15.4. The number of rotatable bonds is 8. The summed E-state index contributed by atoms with van der Waals surface area (Å²) in [5.74, 6) is 5.23. The van der Waals surface area contributed by atoms with Crippen LogP contribution in [0, 0.1) is 24.1 Å². The number of hydrogen-bond acceptors (Lipinski definition) is 4. The first kappa shape index (κ1) is 26.9. The van der Waals surface area contributed by atoms with Gasteiger partial charge in [-0.25, -0.2) is 14.4 Å². The molecule has 0 bridgehead atoms. The molecule has 6 heteroatoms. The van der Waals surface area contributed by atoms with Gasteiger partial charge in [0, 0.05) is 49.4 Å². The minimum atomic E-state index is -0.234. The maximum Gasteiger partial charge on any atom is 0.129 e. The summed E-state index contributed by atoms with van der Waals surface area (Å²) in [4.78, 5) is 15.4. The van der Waals surface area contributed by atoms with Crippen LogP contribution < -0.4 is 4.90 Å². The van der Waals surface area contributed by atoms with Crippen LogP contribution in [0.15, 0.2) is 55.1 Å². The highest BCUT2D eigenvalue weighted by Gasteiger charge is 2.50. The van der Waals surface area contributed by atoms with Gasteiger partial charge in [0.1, 0.15) is 17.5 Å². The normalized spacial score (nSPS) is 21.5. The summed E-state index contributed by atoms with van der Waals surface area (Å²) in [5, 5.41) is 0. The zero-order chi connectivity index (χ0) is 28.8. The molecule has 7 rings (SSSR count). The van der Waals surface area contributed by atoms with E-state index < -0.39 is 0 Å². The second-order valence-corrected chi connectivity index (χ2v) is 12.1. The molecule has 1 saturated carbocycles. The van der Waals surface area contributed by atoms with Crippen molar-refractivity contribution in [2.45, 2.75) is 57.5 Å². The third kappa shape index (κ3) is 4.70. The molecular formula is C36H38FN5. The second-order valence-electron chi connectivity index (χ2n) is 12.1. The molecule has 4 heterocycles. The fraction of sp³-hybridized carbons (Fsp3) is 0.389. The zero-order valence-corrected chi connectivity index (χ0v) is 24.4. The highest BCUT2D eigenvalue weighted by Crippen LogP contribution is 2.56. The van der Waals surface area contributed by atoms with Crippen LogP contribution in [0.2, 0.25) is 0 Å². The standard InChI is InChI=1S/C36H38FN5/c1-4-7-26-20-28(12-11-27-10-8-24(5-2)21-30(27)37)38-34(23-26)40-16-18-41(19-17-40)35-29-13-15-32(29)42-33-22-25(6-3)9-14-31(33)39-36(35)42/h2,6,8-10,14,20-23,29,32,35H,3-4,7,11-13,15-19H2,1H3.